The Hall–Kier alpha value is -2.36. The Kier molecular flexibility index (Phi) is 3.14. The minimum absolute atomic E-state index is 0.00367. The Morgan fingerprint density at radius 1 is 1.30 bits per heavy atom. The van der Waals surface area contributed by atoms with E-state index in [1.807, 2.05) is 6.07 Å². The van der Waals surface area contributed by atoms with Crippen molar-refractivity contribution < 1.29 is 0 Å². The van der Waals surface area contributed by atoms with Crippen molar-refractivity contribution in [2.24, 2.45) is 11.7 Å². The molecule has 1 aromatic carbocycles. The number of nitrogen functional groups attached to an aromatic ring is 1. The summed E-state index contributed by atoms with van der Waals surface area (Å²) in [6.07, 6.45) is 2.91. The summed E-state index contributed by atoms with van der Waals surface area (Å²) in [5.74, 6) is 0.612. The van der Waals surface area contributed by atoms with Crippen LogP contribution in [-0.4, -0.2) is 17.4 Å². The van der Waals surface area contributed by atoms with Crippen LogP contribution in [0.5, 0.6) is 0 Å². The van der Waals surface area contributed by atoms with Gasteiger partial charge in [0.25, 0.3) is 0 Å². The number of pyridine rings is 1. The van der Waals surface area contributed by atoms with Gasteiger partial charge in [-0.05, 0) is 36.1 Å². The lowest BCUT2D eigenvalue weighted by atomic mass is 9.93. The minimum atomic E-state index is 0.00367. The first kappa shape index (κ1) is 12.7. The average molecular weight is 266 g/mol. The van der Waals surface area contributed by atoms with Crippen LogP contribution in [0.15, 0.2) is 42.6 Å². The summed E-state index contributed by atoms with van der Waals surface area (Å²) in [4.78, 5) is 6.55. The summed E-state index contributed by atoms with van der Waals surface area (Å²) in [5, 5.41) is 7.40. The Labute approximate surface area is 118 Å². The van der Waals surface area contributed by atoms with Gasteiger partial charge in [-0.1, -0.05) is 25.1 Å². The van der Waals surface area contributed by atoms with Crippen molar-refractivity contribution >= 4 is 17.2 Å². The highest BCUT2D eigenvalue weighted by Crippen LogP contribution is 2.34. The molecule has 1 unspecified atom stereocenters. The van der Waals surface area contributed by atoms with Gasteiger partial charge in [-0.25, -0.2) is 0 Å². The third-order valence-electron chi connectivity index (χ3n) is 3.68. The van der Waals surface area contributed by atoms with Crippen molar-refractivity contribution in [3.8, 4) is 0 Å². The SMILES string of the molecule is CC1Cc2ccccc2N(c2ccc(C(=N)N)nc2)C1. The zero-order valence-electron chi connectivity index (χ0n) is 11.5. The fraction of sp³-hybridized carbons (Fsp3) is 0.250. The maximum Gasteiger partial charge on any atom is 0.141 e. The van der Waals surface area contributed by atoms with Gasteiger partial charge in [0.15, 0.2) is 0 Å². The van der Waals surface area contributed by atoms with Gasteiger partial charge in [0.2, 0.25) is 0 Å². The molecular weight excluding hydrogens is 248 g/mol. The molecule has 4 heteroatoms. The number of anilines is 2. The maximum atomic E-state index is 7.40. The monoisotopic (exact) mass is 266 g/mol. The number of para-hydroxylation sites is 1. The van der Waals surface area contributed by atoms with E-state index in [1.165, 1.54) is 11.3 Å². The van der Waals surface area contributed by atoms with E-state index >= 15 is 0 Å². The highest BCUT2D eigenvalue weighted by molar-refractivity contribution is 5.93. The summed E-state index contributed by atoms with van der Waals surface area (Å²) in [5.41, 5.74) is 9.65. The molecule has 0 amide bonds. The molecule has 0 radical (unpaired) electrons. The van der Waals surface area contributed by atoms with Crippen LogP contribution in [0.2, 0.25) is 0 Å². The van der Waals surface area contributed by atoms with Gasteiger partial charge in [-0.2, -0.15) is 0 Å². The van der Waals surface area contributed by atoms with E-state index in [0.717, 1.165) is 18.7 Å². The normalized spacial score (nSPS) is 17.6. The van der Waals surface area contributed by atoms with Crippen LogP contribution in [0.25, 0.3) is 0 Å². The third kappa shape index (κ3) is 2.25. The van der Waals surface area contributed by atoms with E-state index in [0.29, 0.717) is 11.6 Å². The summed E-state index contributed by atoms with van der Waals surface area (Å²) < 4.78 is 0. The number of fused-ring (bicyclic) bond motifs is 1. The van der Waals surface area contributed by atoms with Crippen molar-refractivity contribution in [1.29, 1.82) is 5.41 Å². The molecule has 3 N–H and O–H groups in total. The first-order valence-electron chi connectivity index (χ1n) is 6.81. The van der Waals surface area contributed by atoms with Gasteiger partial charge < -0.3 is 10.6 Å². The molecule has 0 spiro atoms. The van der Waals surface area contributed by atoms with Gasteiger partial charge in [0.05, 0.1) is 11.9 Å². The van der Waals surface area contributed by atoms with Crippen LogP contribution in [0.4, 0.5) is 11.4 Å². The summed E-state index contributed by atoms with van der Waals surface area (Å²) in [6, 6.07) is 12.3. The maximum absolute atomic E-state index is 7.40. The number of rotatable bonds is 2. The van der Waals surface area contributed by atoms with Crippen molar-refractivity contribution in [2.45, 2.75) is 13.3 Å². The number of amidine groups is 1. The summed E-state index contributed by atoms with van der Waals surface area (Å²) in [7, 11) is 0. The molecule has 3 rings (SSSR count). The number of hydrogen-bond acceptors (Lipinski definition) is 3. The van der Waals surface area contributed by atoms with Crippen LogP contribution >= 0.6 is 0 Å². The standard InChI is InChI=1S/C16H18N4/c1-11-8-12-4-2-3-5-15(12)20(10-11)13-6-7-14(16(17)18)19-9-13/h2-7,9,11H,8,10H2,1H3,(H3,17,18). The van der Waals surface area contributed by atoms with E-state index < -0.39 is 0 Å². The minimum Gasteiger partial charge on any atom is -0.382 e. The summed E-state index contributed by atoms with van der Waals surface area (Å²) in [6.45, 7) is 3.25. The Morgan fingerprint density at radius 2 is 2.10 bits per heavy atom. The molecule has 1 aromatic heterocycles. The number of hydrogen-bond donors (Lipinski definition) is 2. The Bertz CT molecular complexity index is 633. The van der Waals surface area contributed by atoms with Gasteiger partial charge in [-0.3, -0.25) is 10.4 Å². The zero-order chi connectivity index (χ0) is 14.1. The largest absolute Gasteiger partial charge is 0.382 e. The molecule has 1 aliphatic heterocycles. The van der Waals surface area contributed by atoms with Gasteiger partial charge in [-0.15, -0.1) is 0 Å². The Balaban J connectivity index is 1.99. The van der Waals surface area contributed by atoms with Crippen molar-refractivity contribution in [3.05, 3.63) is 53.9 Å². The van der Waals surface area contributed by atoms with Crippen molar-refractivity contribution in [3.63, 3.8) is 0 Å². The smallest absolute Gasteiger partial charge is 0.141 e. The topological polar surface area (TPSA) is 66.0 Å². The van der Waals surface area contributed by atoms with Crippen LogP contribution in [0, 0.1) is 11.3 Å². The Morgan fingerprint density at radius 3 is 2.80 bits per heavy atom. The van der Waals surface area contributed by atoms with E-state index in [2.05, 4.69) is 41.1 Å². The van der Waals surface area contributed by atoms with Gasteiger partial charge >= 0.3 is 0 Å². The predicted octanol–water partition coefficient (Wildman–Crippen LogP) is 2.70. The average Bonchev–Trinajstić information content (AvgIpc) is 2.46. The predicted molar refractivity (Wildman–Crippen MR) is 81.6 cm³/mol. The van der Waals surface area contributed by atoms with Crippen LogP contribution in [0.3, 0.4) is 0 Å². The quantitative estimate of drug-likeness (QED) is 0.648. The first-order chi connectivity index (χ1) is 9.65. The molecule has 4 nitrogen and oxygen atoms in total. The molecule has 1 atom stereocenters. The molecular formula is C16H18N4. The lowest BCUT2D eigenvalue weighted by Crippen LogP contribution is -2.30. The van der Waals surface area contributed by atoms with Gasteiger partial charge in [0, 0.05) is 12.2 Å². The van der Waals surface area contributed by atoms with Crippen LogP contribution in [-0.2, 0) is 6.42 Å². The molecule has 2 heterocycles. The molecule has 2 aromatic rings. The second-order valence-corrected chi connectivity index (χ2v) is 5.36. The van der Waals surface area contributed by atoms with Gasteiger partial charge in [0.1, 0.15) is 11.5 Å². The zero-order valence-corrected chi connectivity index (χ0v) is 11.5. The van der Waals surface area contributed by atoms with Crippen LogP contribution in [0.1, 0.15) is 18.2 Å². The molecule has 0 saturated heterocycles. The summed E-state index contributed by atoms with van der Waals surface area (Å²) >= 11 is 0. The molecule has 1 aliphatic rings. The van der Waals surface area contributed by atoms with E-state index in [1.54, 1.807) is 12.3 Å². The van der Waals surface area contributed by atoms with Crippen LogP contribution < -0.4 is 10.6 Å². The number of benzene rings is 1. The molecule has 0 saturated carbocycles. The second-order valence-electron chi connectivity index (χ2n) is 5.36. The number of nitrogens with two attached hydrogens (primary N) is 1. The fourth-order valence-electron chi connectivity index (χ4n) is 2.75. The highest BCUT2D eigenvalue weighted by atomic mass is 15.2. The van der Waals surface area contributed by atoms with Crippen molar-refractivity contribution in [2.75, 3.05) is 11.4 Å². The lowest BCUT2D eigenvalue weighted by molar-refractivity contribution is 0.562. The van der Waals surface area contributed by atoms with E-state index in [4.69, 9.17) is 11.1 Å². The second kappa shape index (κ2) is 4.96. The van der Waals surface area contributed by atoms with E-state index in [-0.39, 0.29) is 5.84 Å². The third-order valence-corrected chi connectivity index (χ3v) is 3.68. The number of nitrogens with zero attached hydrogens (tertiary/aromatic N) is 2. The highest BCUT2D eigenvalue weighted by Gasteiger charge is 2.22. The molecule has 0 bridgehead atoms. The fourth-order valence-corrected chi connectivity index (χ4v) is 2.75. The number of nitrogens with one attached hydrogen (secondary N) is 1. The lowest BCUT2D eigenvalue weighted by Gasteiger charge is -2.34. The van der Waals surface area contributed by atoms with E-state index in [9.17, 15) is 0 Å². The van der Waals surface area contributed by atoms with Crippen molar-refractivity contribution in [1.82, 2.24) is 4.98 Å². The molecule has 20 heavy (non-hydrogen) atoms. The molecule has 0 aliphatic carbocycles. The first-order valence-corrected chi connectivity index (χ1v) is 6.81. The number of aromatic nitrogens is 1. The molecule has 102 valence electrons. The molecule has 0 fully saturated rings.